The van der Waals surface area contributed by atoms with Crippen LogP contribution in [0.25, 0.3) is 0 Å². The van der Waals surface area contributed by atoms with E-state index in [0.29, 0.717) is 11.8 Å². The molecule has 1 aliphatic heterocycles. The molecular weight excluding hydrogens is 180 g/mol. The van der Waals surface area contributed by atoms with Gasteiger partial charge in [-0.15, -0.1) is 0 Å². The van der Waals surface area contributed by atoms with Gasteiger partial charge in [-0.3, -0.25) is 4.72 Å². The van der Waals surface area contributed by atoms with Crippen molar-refractivity contribution in [1.29, 1.82) is 0 Å². The summed E-state index contributed by atoms with van der Waals surface area (Å²) in [6, 6.07) is 0. The Morgan fingerprint density at radius 1 is 1.15 bits per heavy atom. The van der Waals surface area contributed by atoms with Crippen molar-refractivity contribution in [2.75, 3.05) is 12.4 Å². The second kappa shape index (κ2) is 4.91. The SMILES string of the molecule is CC(C)C1=C(C(C)C)NCSNC1. The highest BCUT2D eigenvalue weighted by atomic mass is 32.2. The standard InChI is InChI=1S/C10H20N2S/c1-7(2)9-5-12-13-6-11-10(9)8(3)4/h7-8,11-12H,5-6H2,1-4H3. The predicted octanol–water partition coefficient (Wildman–Crippen LogP) is 2.35. The maximum atomic E-state index is 3.49. The fourth-order valence-electron chi connectivity index (χ4n) is 1.59. The first-order valence-corrected chi connectivity index (χ1v) is 5.93. The summed E-state index contributed by atoms with van der Waals surface area (Å²) in [7, 11) is 0. The Morgan fingerprint density at radius 3 is 2.38 bits per heavy atom. The van der Waals surface area contributed by atoms with Crippen molar-refractivity contribution in [3.63, 3.8) is 0 Å². The van der Waals surface area contributed by atoms with Crippen LogP contribution in [0.5, 0.6) is 0 Å². The van der Waals surface area contributed by atoms with Crippen LogP contribution in [0.15, 0.2) is 11.3 Å². The van der Waals surface area contributed by atoms with Gasteiger partial charge < -0.3 is 5.32 Å². The largest absolute Gasteiger partial charge is 0.378 e. The van der Waals surface area contributed by atoms with Crippen LogP contribution in [0.1, 0.15) is 27.7 Å². The zero-order chi connectivity index (χ0) is 9.84. The lowest BCUT2D eigenvalue weighted by atomic mass is 9.95. The minimum absolute atomic E-state index is 0.609. The Morgan fingerprint density at radius 2 is 1.85 bits per heavy atom. The van der Waals surface area contributed by atoms with Gasteiger partial charge in [-0.1, -0.05) is 39.6 Å². The molecule has 3 heteroatoms. The predicted molar refractivity (Wildman–Crippen MR) is 60.3 cm³/mol. The van der Waals surface area contributed by atoms with Crippen LogP contribution in [0.4, 0.5) is 0 Å². The summed E-state index contributed by atoms with van der Waals surface area (Å²) in [5, 5.41) is 3.49. The van der Waals surface area contributed by atoms with E-state index in [9.17, 15) is 0 Å². The summed E-state index contributed by atoms with van der Waals surface area (Å²) in [5.41, 5.74) is 2.97. The van der Waals surface area contributed by atoms with Crippen LogP contribution < -0.4 is 10.0 Å². The van der Waals surface area contributed by atoms with Crippen molar-refractivity contribution in [1.82, 2.24) is 10.0 Å². The van der Waals surface area contributed by atoms with Crippen molar-refractivity contribution in [3.05, 3.63) is 11.3 Å². The van der Waals surface area contributed by atoms with Crippen LogP contribution >= 0.6 is 11.9 Å². The molecule has 0 atom stereocenters. The second-order valence-electron chi connectivity index (χ2n) is 4.03. The van der Waals surface area contributed by atoms with E-state index >= 15 is 0 Å². The second-order valence-corrected chi connectivity index (χ2v) is 4.90. The van der Waals surface area contributed by atoms with E-state index in [2.05, 4.69) is 37.7 Å². The molecule has 0 radical (unpaired) electrons. The quantitative estimate of drug-likeness (QED) is 0.669. The third-order valence-corrected chi connectivity index (χ3v) is 2.96. The van der Waals surface area contributed by atoms with Gasteiger partial charge in [0.25, 0.3) is 0 Å². The molecule has 0 aromatic carbocycles. The highest BCUT2D eigenvalue weighted by Gasteiger charge is 2.15. The van der Waals surface area contributed by atoms with Crippen LogP contribution in [0, 0.1) is 11.8 Å². The average molecular weight is 200 g/mol. The van der Waals surface area contributed by atoms with Crippen molar-refractivity contribution in [2.24, 2.45) is 11.8 Å². The molecular formula is C10H20N2S. The van der Waals surface area contributed by atoms with Crippen LogP contribution in [-0.2, 0) is 0 Å². The van der Waals surface area contributed by atoms with E-state index in [-0.39, 0.29) is 0 Å². The molecule has 0 spiro atoms. The summed E-state index contributed by atoms with van der Waals surface area (Å²) in [4.78, 5) is 0. The highest BCUT2D eigenvalue weighted by molar-refractivity contribution is 7.97. The summed E-state index contributed by atoms with van der Waals surface area (Å²) in [6.07, 6.45) is 0. The molecule has 0 amide bonds. The molecule has 0 fully saturated rings. The van der Waals surface area contributed by atoms with Gasteiger partial charge in [-0.25, -0.2) is 0 Å². The van der Waals surface area contributed by atoms with Gasteiger partial charge in [0.05, 0.1) is 5.88 Å². The van der Waals surface area contributed by atoms with E-state index in [0.717, 1.165) is 12.4 Å². The van der Waals surface area contributed by atoms with Crippen molar-refractivity contribution >= 4 is 11.9 Å². The minimum atomic E-state index is 0.609. The lowest BCUT2D eigenvalue weighted by molar-refractivity contribution is 0.631. The lowest BCUT2D eigenvalue weighted by Gasteiger charge is -2.19. The van der Waals surface area contributed by atoms with E-state index in [1.165, 1.54) is 11.3 Å². The Labute approximate surface area is 85.7 Å². The maximum Gasteiger partial charge on any atom is 0.0752 e. The molecule has 1 rings (SSSR count). The summed E-state index contributed by atoms with van der Waals surface area (Å²) in [6.45, 7) is 10.0. The van der Waals surface area contributed by atoms with Crippen molar-refractivity contribution < 1.29 is 0 Å². The van der Waals surface area contributed by atoms with Gasteiger partial charge in [-0.2, -0.15) is 0 Å². The Balaban J connectivity index is 2.85. The van der Waals surface area contributed by atoms with Gasteiger partial charge >= 0.3 is 0 Å². The lowest BCUT2D eigenvalue weighted by Crippen LogP contribution is -2.20. The summed E-state index contributed by atoms with van der Waals surface area (Å²) in [5.74, 6) is 2.22. The topological polar surface area (TPSA) is 24.1 Å². The van der Waals surface area contributed by atoms with Crippen molar-refractivity contribution in [2.45, 2.75) is 27.7 Å². The molecule has 0 aliphatic carbocycles. The first kappa shape index (κ1) is 10.9. The molecule has 0 bridgehead atoms. The maximum absolute atomic E-state index is 3.49. The Hall–Kier alpha value is -0.150. The highest BCUT2D eigenvalue weighted by Crippen LogP contribution is 2.21. The first-order valence-electron chi connectivity index (χ1n) is 4.94. The first-order chi connectivity index (χ1) is 6.13. The fourth-order valence-corrected chi connectivity index (χ4v) is 2.18. The summed E-state index contributed by atoms with van der Waals surface area (Å²) < 4.78 is 3.36. The molecule has 76 valence electrons. The Bertz CT molecular complexity index is 177. The van der Waals surface area contributed by atoms with Gasteiger partial charge in [0.1, 0.15) is 0 Å². The number of hydrogen-bond donors (Lipinski definition) is 2. The number of nitrogens with one attached hydrogen (secondary N) is 2. The molecule has 1 aliphatic rings. The monoisotopic (exact) mass is 200 g/mol. The zero-order valence-corrected chi connectivity index (χ0v) is 9.79. The molecule has 0 saturated carbocycles. The van der Waals surface area contributed by atoms with E-state index in [1.807, 2.05) is 0 Å². The molecule has 2 N–H and O–H groups in total. The number of hydrogen-bond acceptors (Lipinski definition) is 3. The zero-order valence-electron chi connectivity index (χ0n) is 8.98. The van der Waals surface area contributed by atoms with Gasteiger partial charge in [0.2, 0.25) is 0 Å². The molecule has 0 aromatic rings. The smallest absolute Gasteiger partial charge is 0.0752 e. The van der Waals surface area contributed by atoms with E-state index in [1.54, 1.807) is 11.9 Å². The number of allylic oxidation sites excluding steroid dienone is 1. The van der Waals surface area contributed by atoms with Gasteiger partial charge in [0, 0.05) is 12.2 Å². The number of rotatable bonds is 2. The average Bonchev–Trinajstić information content (AvgIpc) is 2.27. The molecule has 13 heavy (non-hydrogen) atoms. The normalized spacial score (nSPS) is 19.2. The van der Waals surface area contributed by atoms with Gasteiger partial charge in [-0.05, 0) is 17.4 Å². The summed E-state index contributed by atoms with van der Waals surface area (Å²) >= 11 is 1.76. The molecule has 0 aromatic heterocycles. The van der Waals surface area contributed by atoms with Crippen LogP contribution in [-0.4, -0.2) is 12.4 Å². The fraction of sp³-hybridized carbons (Fsp3) is 0.800. The van der Waals surface area contributed by atoms with Crippen molar-refractivity contribution in [3.8, 4) is 0 Å². The third-order valence-electron chi connectivity index (χ3n) is 2.32. The van der Waals surface area contributed by atoms with E-state index < -0.39 is 0 Å². The molecule has 0 unspecified atom stereocenters. The minimum Gasteiger partial charge on any atom is -0.378 e. The molecule has 0 saturated heterocycles. The van der Waals surface area contributed by atoms with Gasteiger partial charge in [0.15, 0.2) is 0 Å². The molecule has 1 heterocycles. The third kappa shape index (κ3) is 2.92. The van der Waals surface area contributed by atoms with Crippen LogP contribution in [0.2, 0.25) is 0 Å². The van der Waals surface area contributed by atoms with Crippen LogP contribution in [0.3, 0.4) is 0 Å². The molecule has 2 nitrogen and oxygen atoms in total. The Kier molecular flexibility index (Phi) is 4.13. The van der Waals surface area contributed by atoms with E-state index in [4.69, 9.17) is 0 Å².